The van der Waals surface area contributed by atoms with Gasteiger partial charge in [-0.15, -0.1) is 0 Å². The van der Waals surface area contributed by atoms with Gasteiger partial charge in [0, 0.05) is 34.1 Å². The fraction of sp³-hybridized carbons (Fsp3) is 0.200. The van der Waals surface area contributed by atoms with E-state index in [2.05, 4.69) is 0 Å². The molecule has 0 radical (unpaired) electrons. The summed E-state index contributed by atoms with van der Waals surface area (Å²) in [5.41, 5.74) is 5.08. The number of benzene rings is 2. The van der Waals surface area contributed by atoms with Crippen molar-refractivity contribution in [2.75, 3.05) is 6.61 Å². The molecule has 162 valence electrons. The lowest BCUT2D eigenvalue weighted by molar-refractivity contribution is 0.0697. The Balaban J connectivity index is 1.85. The molecule has 2 aromatic carbocycles. The molecule has 1 aliphatic heterocycles. The van der Waals surface area contributed by atoms with Crippen LogP contribution in [0.3, 0.4) is 0 Å². The molecular formula is C25H20ClFN2O3. The first-order chi connectivity index (χ1) is 15.3. The Morgan fingerprint density at radius 1 is 1.25 bits per heavy atom. The van der Waals surface area contributed by atoms with Crippen molar-refractivity contribution in [3.05, 3.63) is 75.8 Å². The van der Waals surface area contributed by atoms with Gasteiger partial charge >= 0.3 is 5.97 Å². The first-order valence-electron chi connectivity index (χ1n) is 10.3. The highest BCUT2D eigenvalue weighted by Crippen LogP contribution is 2.41. The number of carboxylic acids is 1. The molecule has 1 N–H and O–H groups in total. The maximum atomic E-state index is 15.0. The van der Waals surface area contributed by atoms with Crippen LogP contribution in [-0.4, -0.2) is 27.1 Å². The monoisotopic (exact) mass is 450 g/mol. The Bertz CT molecular complexity index is 1410. The first kappa shape index (κ1) is 20.5. The number of carboxylic acid groups (broad SMARTS) is 1. The maximum absolute atomic E-state index is 15.0. The van der Waals surface area contributed by atoms with Crippen molar-refractivity contribution in [1.29, 1.82) is 0 Å². The molecule has 0 atom stereocenters. The molecule has 2 aromatic heterocycles. The van der Waals surface area contributed by atoms with Crippen LogP contribution in [0.5, 0.6) is 5.75 Å². The van der Waals surface area contributed by atoms with E-state index < -0.39 is 11.8 Å². The van der Waals surface area contributed by atoms with Gasteiger partial charge in [-0.1, -0.05) is 23.7 Å². The number of aryl methyl sites for hydroxylation is 1. The molecule has 0 spiro atoms. The fourth-order valence-corrected chi connectivity index (χ4v) is 4.68. The van der Waals surface area contributed by atoms with Crippen LogP contribution in [0.15, 0.2) is 42.7 Å². The van der Waals surface area contributed by atoms with E-state index >= 15 is 4.39 Å². The van der Waals surface area contributed by atoms with Gasteiger partial charge in [-0.3, -0.25) is 0 Å². The van der Waals surface area contributed by atoms with E-state index in [1.54, 1.807) is 29.7 Å². The second-order valence-corrected chi connectivity index (χ2v) is 8.46. The zero-order chi connectivity index (χ0) is 22.6. The molecule has 0 aliphatic carbocycles. The molecule has 5 nitrogen and oxygen atoms in total. The van der Waals surface area contributed by atoms with Crippen LogP contribution in [0.4, 0.5) is 4.39 Å². The van der Waals surface area contributed by atoms with E-state index in [0.29, 0.717) is 46.1 Å². The SMILES string of the molecule is Cc1cn2cc(-c3cccc(Cl)c3)nc2c(-c2cc(F)c3c(c2C)CCCO3)c1C(=O)O. The predicted octanol–water partition coefficient (Wildman–Crippen LogP) is 6.10. The smallest absolute Gasteiger partial charge is 0.336 e. The molecule has 0 fully saturated rings. The number of aromatic nitrogens is 2. The van der Waals surface area contributed by atoms with Crippen molar-refractivity contribution in [3.8, 4) is 28.1 Å². The molecule has 32 heavy (non-hydrogen) atoms. The second-order valence-electron chi connectivity index (χ2n) is 8.03. The minimum absolute atomic E-state index is 0.111. The standard InChI is InChI=1S/C25H20ClFN2O3/c1-13-11-29-12-20(15-5-3-6-16(26)9-15)28-24(29)22(21(13)25(30)31)18-10-19(27)23-17(14(18)2)7-4-8-32-23/h3,5-6,9-12H,4,7-8H2,1-2H3,(H,30,31). The van der Waals surface area contributed by atoms with E-state index in [0.717, 1.165) is 23.1 Å². The lowest BCUT2D eigenvalue weighted by Crippen LogP contribution is -2.13. The molecular weight excluding hydrogens is 431 g/mol. The van der Waals surface area contributed by atoms with Gasteiger partial charge in [-0.05, 0) is 61.6 Å². The number of pyridine rings is 1. The van der Waals surface area contributed by atoms with Gasteiger partial charge in [0.1, 0.15) is 5.65 Å². The van der Waals surface area contributed by atoms with Crippen molar-refractivity contribution >= 4 is 23.2 Å². The van der Waals surface area contributed by atoms with E-state index in [4.69, 9.17) is 21.3 Å². The van der Waals surface area contributed by atoms with E-state index in [1.807, 2.05) is 25.3 Å². The van der Waals surface area contributed by atoms with Crippen molar-refractivity contribution in [3.63, 3.8) is 0 Å². The summed E-state index contributed by atoms with van der Waals surface area (Å²) in [6.45, 7) is 4.09. The van der Waals surface area contributed by atoms with Crippen molar-refractivity contribution in [1.82, 2.24) is 9.38 Å². The number of aromatic carboxylic acids is 1. The number of carbonyl (C=O) groups is 1. The Hall–Kier alpha value is -3.38. The van der Waals surface area contributed by atoms with Gasteiger partial charge in [0.25, 0.3) is 0 Å². The minimum atomic E-state index is -1.08. The summed E-state index contributed by atoms with van der Waals surface area (Å²) in [5.74, 6) is -1.31. The maximum Gasteiger partial charge on any atom is 0.336 e. The summed E-state index contributed by atoms with van der Waals surface area (Å²) in [5, 5.41) is 10.6. The predicted molar refractivity (Wildman–Crippen MR) is 121 cm³/mol. The molecule has 0 saturated carbocycles. The average molecular weight is 451 g/mol. The second kappa shape index (κ2) is 7.64. The highest BCUT2D eigenvalue weighted by atomic mass is 35.5. The quantitative estimate of drug-likeness (QED) is 0.409. The number of hydrogen-bond donors (Lipinski definition) is 1. The number of ether oxygens (including phenoxy) is 1. The number of hydrogen-bond acceptors (Lipinski definition) is 3. The highest BCUT2D eigenvalue weighted by molar-refractivity contribution is 6.30. The lowest BCUT2D eigenvalue weighted by atomic mass is 9.89. The first-order valence-corrected chi connectivity index (χ1v) is 10.7. The van der Waals surface area contributed by atoms with Crippen LogP contribution in [-0.2, 0) is 6.42 Å². The van der Waals surface area contributed by atoms with E-state index in [1.165, 1.54) is 6.07 Å². The molecule has 0 saturated heterocycles. The third kappa shape index (κ3) is 3.22. The average Bonchev–Trinajstić information content (AvgIpc) is 3.19. The number of halogens is 2. The topological polar surface area (TPSA) is 63.8 Å². The molecule has 0 amide bonds. The summed E-state index contributed by atoms with van der Waals surface area (Å²) in [6, 6.07) is 8.67. The Morgan fingerprint density at radius 2 is 2.06 bits per heavy atom. The third-order valence-electron chi connectivity index (χ3n) is 5.97. The minimum Gasteiger partial charge on any atom is -0.490 e. The largest absolute Gasteiger partial charge is 0.490 e. The van der Waals surface area contributed by atoms with Gasteiger partial charge in [0.05, 0.1) is 17.9 Å². The molecule has 3 heterocycles. The number of rotatable bonds is 3. The van der Waals surface area contributed by atoms with Gasteiger partial charge in [0.2, 0.25) is 0 Å². The Morgan fingerprint density at radius 3 is 2.81 bits per heavy atom. The van der Waals surface area contributed by atoms with Crippen LogP contribution in [0.25, 0.3) is 28.0 Å². The summed E-state index contributed by atoms with van der Waals surface area (Å²) in [6.07, 6.45) is 5.03. The number of fused-ring (bicyclic) bond motifs is 2. The van der Waals surface area contributed by atoms with E-state index in [-0.39, 0.29) is 11.3 Å². The van der Waals surface area contributed by atoms with Crippen LogP contribution in [0, 0.1) is 19.7 Å². The normalized spacial score (nSPS) is 13.1. The summed E-state index contributed by atoms with van der Waals surface area (Å²) < 4.78 is 22.4. The Labute approximate surface area is 189 Å². The molecule has 4 aromatic rings. The molecule has 1 aliphatic rings. The number of imidazole rings is 1. The summed E-state index contributed by atoms with van der Waals surface area (Å²) in [7, 11) is 0. The molecule has 0 unspecified atom stereocenters. The van der Waals surface area contributed by atoms with Gasteiger partial charge in [-0.25, -0.2) is 14.2 Å². The fourth-order valence-electron chi connectivity index (χ4n) is 4.49. The van der Waals surface area contributed by atoms with Crippen LogP contribution >= 0.6 is 11.6 Å². The van der Waals surface area contributed by atoms with Crippen molar-refractivity contribution in [2.24, 2.45) is 0 Å². The molecule has 0 bridgehead atoms. The van der Waals surface area contributed by atoms with Crippen LogP contribution in [0.1, 0.15) is 33.5 Å². The van der Waals surface area contributed by atoms with E-state index in [9.17, 15) is 9.90 Å². The lowest BCUT2D eigenvalue weighted by Gasteiger charge is -2.23. The third-order valence-corrected chi connectivity index (χ3v) is 6.21. The van der Waals surface area contributed by atoms with Crippen LogP contribution in [0.2, 0.25) is 5.02 Å². The van der Waals surface area contributed by atoms with Gasteiger partial charge < -0.3 is 14.2 Å². The molecule has 5 rings (SSSR count). The summed E-state index contributed by atoms with van der Waals surface area (Å²) in [4.78, 5) is 17.0. The van der Waals surface area contributed by atoms with Gasteiger partial charge in [0.15, 0.2) is 11.6 Å². The van der Waals surface area contributed by atoms with Crippen molar-refractivity contribution in [2.45, 2.75) is 26.7 Å². The zero-order valence-electron chi connectivity index (χ0n) is 17.6. The number of nitrogens with zero attached hydrogens (tertiary/aromatic N) is 2. The van der Waals surface area contributed by atoms with Crippen molar-refractivity contribution < 1.29 is 19.0 Å². The summed E-state index contributed by atoms with van der Waals surface area (Å²) >= 11 is 6.15. The van der Waals surface area contributed by atoms with Crippen LogP contribution < -0.4 is 4.74 Å². The Kier molecular flexibility index (Phi) is 4.90. The molecule has 7 heteroatoms. The zero-order valence-corrected chi connectivity index (χ0v) is 18.3. The highest BCUT2D eigenvalue weighted by Gasteiger charge is 2.27. The van der Waals surface area contributed by atoms with Gasteiger partial charge in [-0.2, -0.15) is 0 Å².